The van der Waals surface area contributed by atoms with Crippen LogP contribution in [-0.2, 0) is 19.1 Å². The van der Waals surface area contributed by atoms with E-state index in [0.29, 0.717) is 4.90 Å². The molecule has 1 aliphatic heterocycles. The topological polar surface area (TPSA) is 182 Å². The summed E-state index contributed by atoms with van der Waals surface area (Å²) in [7, 11) is 0. The van der Waals surface area contributed by atoms with Crippen LogP contribution in [0.3, 0.4) is 0 Å². The Morgan fingerprint density at radius 1 is 0.875 bits per heavy atom. The smallest absolute Gasteiger partial charge is 0.423 e. The molecule has 13 nitrogen and oxygen atoms in total. The van der Waals surface area contributed by atoms with Crippen LogP contribution in [0.1, 0.15) is 54.4 Å². The fraction of sp³-hybridized carbons (Fsp3) is 0.684. The van der Waals surface area contributed by atoms with Crippen molar-refractivity contribution >= 4 is 36.1 Å². The molecule has 1 fully saturated rings. The highest BCUT2D eigenvalue weighted by molar-refractivity contribution is 6.08. The van der Waals surface area contributed by atoms with Crippen LogP contribution in [0, 0.1) is 0 Å². The van der Waals surface area contributed by atoms with Gasteiger partial charge >= 0.3 is 24.2 Å². The van der Waals surface area contributed by atoms with E-state index >= 15 is 0 Å². The van der Waals surface area contributed by atoms with Crippen LogP contribution in [0.2, 0.25) is 0 Å². The van der Waals surface area contributed by atoms with Gasteiger partial charge in [0.25, 0.3) is 5.91 Å². The molecule has 1 aliphatic rings. The third-order valence-corrected chi connectivity index (χ3v) is 4.56. The average molecular weight is 459 g/mol. The largest absolute Gasteiger partial charge is 0.480 e. The fourth-order valence-corrected chi connectivity index (χ4v) is 3.17. The van der Waals surface area contributed by atoms with Gasteiger partial charge in [-0.05, 0) is 54.4 Å². The summed E-state index contributed by atoms with van der Waals surface area (Å²) < 4.78 is 5.31. The molecule has 1 rings (SSSR count). The third-order valence-electron chi connectivity index (χ3n) is 4.56. The molecule has 1 saturated heterocycles. The van der Waals surface area contributed by atoms with Gasteiger partial charge in [-0.2, -0.15) is 0 Å². The summed E-state index contributed by atoms with van der Waals surface area (Å²) in [6, 6.07) is -3.14. The van der Waals surface area contributed by atoms with Gasteiger partial charge in [-0.3, -0.25) is 14.5 Å². The molecule has 32 heavy (non-hydrogen) atoms. The summed E-state index contributed by atoms with van der Waals surface area (Å²) >= 11 is 0. The number of ether oxygens (including phenoxy) is 1. The van der Waals surface area contributed by atoms with Crippen LogP contribution in [0.15, 0.2) is 0 Å². The Hall–Kier alpha value is -3.38. The number of amides is 5. The molecule has 0 saturated carbocycles. The second-order valence-electron chi connectivity index (χ2n) is 9.22. The average Bonchev–Trinajstić information content (AvgIpc) is 3.01. The predicted molar refractivity (Wildman–Crippen MR) is 107 cm³/mol. The zero-order chi connectivity index (χ0) is 25.2. The van der Waals surface area contributed by atoms with Gasteiger partial charge in [-0.1, -0.05) is 0 Å². The second-order valence-corrected chi connectivity index (χ2v) is 9.22. The van der Waals surface area contributed by atoms with Crippen molar-refractivity contribution in [3.63, 3.8) is 0 Å². The Balaban J connectivity index is 3.31. The van der Waals surface area contributed by atoms with Crippen molar-refractivity contribution in [3.8, 4) is 0 Å². The minimum Gasteiger partial charge on any atom is -0.480 e. The first-order chi connectivity index (χ1) is 14.4. The number of carboxylic acid groups (broad SMARTS) is 3. The minimum absolute atomic E-state index is 0.202. The first-order valence-electron chi connectivity index (χ1n) is 9.73. The summed E-state index contributed by atoms with van der Waals surface area (Å²) in [5.74, 6) is -3.89. The molecule has 180 valence electrons. The van der Waals surface area contributed by atoms with Gasteiger partial charge in [0.05, 0.1) is 0 Å². The molecule has 0 aromatic carbocycles. The van der Waals surface area contributed by atoms with Crippen LogP contribution in [-0.4, -0.2) is 95.9 Å². The summed E-state index contributed by atoms with van der Waals surface area (Å²) in [6.45, 7) is 9.03. The minimum atomic E-state index is -2.08. The highest BCUT2D eigenvalue weighted by atomic mass is 16.6. The lowest BCUT2D eigenvalue weighted by atomic mass is 10.1. The maximum atomic E-state index is 13.1. The number of aliphatic carboxylic acids is 1. The molecule has 0 unspecified atom stereocenters. The first-order valence-corrected chi connectivity index (χ1v) is 9.73. The van der Waals surface area contributed by atoms with Gasteiger partial charge in [-0.15, -0.1) is 4.90 Å². The molecule has 0 spiro atoms. The summed E-state index contributed by atoms with van der Waals surface area (Å²) in [5.41, 5.74) is -1.83. The second kappa shape index (κ2) is 9.40. The monoisotopic (exact) mass is 459 g/mol. The van der Waals surface area contributed by atoms with Crippen LogP contribution < -0.4 is 0 Å². The Morgan fingerprint density at radius 3 is 1.72 bits per heavy atom. The summed E-state index contributed by atoms with van der Waals surface area (Å²) in [4.78, 5) is 73.6. The van der Waals surface area contributed by atoms with E-state index in [9.17, 15) is 33.9 Å². The molecule has 1 heterocycles. The molecule has 13 heteroatoms. The van der Waals surface area contributed by atoms with Crippen molar-refractivity contribution in [3.05, 3.63) is 0 Å². The first kappa shape index (κ1) is 26.7. The summed E-state index contributed by atoms with van der Waals surface area (Å²) in [6.07, 6.45) is -5.49. The number of rotatable bonds is 4. The van der Waals surface area contributed by atoms with E-state index < -0.39 is 70.7 Å². The number of nitrogens with zero attached hydrogens (tertiary/aromatic N) is 3. The molecule has 0 aromatic heterocycles. The van der Waals surface area contributed by atoms with Gasteiger partial charge in [0.2, 0.25) is 5.91 Å². The van der Waals surface area contributed by atoms with E-state index in [1.54, 1.807) is 41.5 Å². The lowest BCUT2D eigenvalue weighted by molar-refractivity contribution is -0.153. The Labute approximate surface area is 184 Å². The van der Waals surface area contributed by atoms with Crippen molar-refractivity contribution in [1.29, 1.82) is 0 Å². The predicted octanol–water partition coefficient (Wildman–Crippen LogP) is 1.65. The van der Waals surface area contributed by atoms with Crippen LogP contribution >= 0.6 is 0 Å². The van der Waals surface area contributed by atoms with Crippen molar-refractivity contribution < 1.29 is 48.8 Å². The SMILES string of the molecule is CC(C)(C)OC(=O)N(CC(=O)N1[C@@H](C(=O)N(C(=O)O)C(=O)O)CC[C@H]1C(=O)O)C(C)(C)C. The van der Waals surface area contributed by atoms with Crippen molar-refractivity contribution in [2.75, 3.05) is 6.54 Å². The van der Waals surface area contributed by atoms with Gasteiger partial charge in [0.1, 0.15) is 24.2 Å². The van der Waals surface area contributed by atoms with E-state index in [1.807, 2.05) is 0 Å². The Kier molecular flexibility index (Phi) is 7.83. The normalized spacial score (nSPS) is 18.6. The van der Waals surface area contributed by atoms with Gasteiger partial charge in [0, 0.05) is 5.54 Å². The molecule has 0 aliphatic carbocycles. The Morgan fingerprint density at radius 2 is 1.34 bits per heavy atom. The molecule has 5 amide bonds. The van der Waals surface area contributed by atoms with Crippen molar-refractivity contribution in [1.82, 2.24) is 14.7 Å². The Bertz CT molecular complexity index is 797. The number of hydrogen-bond acceptors (Lipinski definition) is 7. The standard InChI is InChI=1S/C19H29N3O10/c1-18(2,3)20(17(31)32-19(4,5)6)9-12(23)21-10(7-8-11(21)14(25)26)13(24)22(15(27)28)16(29)30/h10-11H,7-9H2,1-6H3,(H,25,26)(H,27,28)(H,29,30)/t10-,11+/m1/s1. The van der Waals surface area contributed by atoms with Crippen molar-refractivity contribution in [2.24, 2.45) is 0 Å². The highest BCUT2D eigenvalue weighted by Crippen LogP contribution is 2.28. The maximum absolute atomic E-state index is 13.1. The lowest BCUT2D eigenvalue weighted by Gasteiger charge is -2.38. The zero-order valence-corrected chi connectivity index (χ0v) is 18.8. The van der Waals surface area contributed by atoms with E-state index in [-0.39, 0.29) is 12.8 Å². The zero-order valence-electron chi connectivity index (χ0n) is 18.8. The van der Waals surface area contributed by atoms with E-state index in [1.165, 1.54) is 0 Å². The molecular formula is C19H29N3O10. The van der Waals surface area contributed by atoms with Gasteiger partial charge in [0.15, 0.2) is 0 Å². The van der Waals surface area contributed by atoms with Gasteiger partial charge in [-0.25, -0.2) is 19.2 Å². The van der Waals surface area contributed by atoms with Crippen LogP contribution in [0.5, 0.6) is 0 Å². The van der Waals surface area contributed by atoms with E-state index in [0.717, 1.165) is 4.90 Å². The molecule has 0 radical (unpaired) electrons. The molecule has 2 atom stereocenters. The lowest BCUT2D eigenvalue weighted by Crippen LogP contribution is -2.58. The molecular weight excluding hydrogens is 430 g/mol. The van der Waals surface area contributed by atoms with Crippen molar-refractivity contribution in [2.45, 2.75) is 77.6 Å². The molecule has 0 bridgehead atoms. The highest BCUT2D eigenvalue weighted by Gasteiger charge is 2.49. The third kappa shape index (κ3) is 6.31. The number of carbonyl (C=O) groups excluding carboxylic acids is 3. The number of imide groups is 3. The number of carbonyl (C=O) groups is 6. The number of carboxylic acids is 1. The van der Waals surface area contributed by atoms with E-state index in [2.05, 4.69) is 0 Å². The van der Waals surface area contributed by atoms with Gasteiger partial charge < -0.3 is 25.0 Å². The molecule has 3 N–H and O–H groups in total. The quantitative estimate of drug-likeness (QED) is 0.559. The van der Waals surface area contributed by atoms with E-state index in [4.69, 9.17) is 14.9 Å². The molecule has 0 aromatic rings. The number of likely N-dealkylation sites (tertiary alicyclic amines) is 1. The number of hydrogen-bond donors (Lipinski definition) is 3. The maximum Gasteiger partial charge on any atom is 0.423 e. The fourth-order valence-electron chi connectivity index (χ4n) is 3.17. The van der Waals surface area contributed by atoms with Crippen LogP contribution in [0.25, 0.3) is 0 Å². The summed E-state index contributed by atoms with van der Waals surface area (Å²) in [5, 5.41) is 27.6. The van der Waals surface area contributed by atoms with Crippen LogP contribution in [0.4, 0.5) is 14.4 Å².